The smallest absolute Gasteiger partial charge is 0.338 e. The van der Waals surface area contributed by atoms with Gasteiger partial charge in [0.2, 0.25) is 0 Å². The highest BCUT2D eigenvalue weighted by Crippen LogP contribution is 2.30. The molecule has 0 aliphatic carbocycles. The molecule has 0 N–H and O–H groups in total. The molecule has 1 aromatic heterocycles. The van der Waals surface area contributed by atoms with Crippen molar-refractivity contribution in [3.63, 3.8) is 0 Å². The van der Waals surface area contributed by atoms with Crippen molar-refractivity contribution in [3.05, 3.63) is 52.4 Å². The van der Waals surface area contributed by atoms with Gasteiger partial charge in [0.15, 0.2) is 0 Å². The van der Waals surface area contributed by atoms with Gasteiger partial charge in [0.1, 0.15) is 11.3 Å². The molecule has 106 valence electrons. The Morgan fingerprint density at radius 3 is 2.57 bits per heavy atom. The summed E-state index contributed by atoms with van der Waals surface area (Å²) in [5, 5.41) is 2.20. The third-order valence-corrected chi connectivity index (χ3v) is 3.34. The molecule has 0 aliphatic rings. The third kappa shape index (κ3) is 2.12. The quantitative estimate of drug-likeness (QED) is 0.411. The van der Waals surface area contributed by atoms with E-state index in [1.54, 1.807) is 19.2 Å². The molecular weight excluding hydrogens is 272 g/mol. The Hall–Kier alpha value is -2.82. The van der Waals surface area contributed by atoms with Crippen LogP contribution in [0.4, 0.5) is 0 Å². The Balaban J connectivity index is 2.52. The molecule has 3 rings (SSSR count). The van der Waals surface area contributed by atoms with E-state index in [-0.39, 0.29) is 5.56 Å². The van der Waals surface area contributed by atoms with Crippen LogP contribution < -0.4 is 10.4 Å². The SMILES string of the molecule is COC(=O)c1cc(=O)oc2ccc3ccc(OC)cc3c12. The minimum Gasteiger partial charge on any atom is -0.497 e. The first-order valence-corrected chi connectivity index (χ1v) is 6.27. The standard InChI is InChI=1S/C16H12O5/c1-19-10-5-3-9-4-6-13-15(11(9)7-10)12(16(18)20-2)8-14(17)21-13/h3-8H,1-2H3. The number of fused-ring (bicyclic) bond motifs is 3. The van der Waals surface area contributed by atoms with Crippen LogP contribution in [0, 0.1) is 0 Å². The molecule has 0 spiro atoms. The first kappa shape index (κ1) is 13.2. The summed E-state index contributed by atoms with van der Waals surface area (Å²) < 4.78 is 15.1. The van der Waals surface area contributed by atoms with Crippen LogP contribution in [-0.2, 0) is 4.74 Å². The molecular formula is C16H12O5. The molecule has 0 atom stereocenters. The van der Waals surface area contributed by atoms with Crippen molar-refractivity contribution in [2.45, 2.75) is 0 Å². The highest BCUT2D eigenvalue weighted by molar-refractivity contribution is 6.15. The minimum absolute atomic E-state index is 0.183. The van der Waals surface area contributed by atoms with Crippen molar-refractivity contribution < 1.29 is 18.7 Å². The first-order chi connectivity index (χ1) is 10.1. The van der Waals surface area contributed by atoms with Crippen molar-refractivity contribution in [1.29, 1.82) is 0 Å². The highest BCUT2D eigenvalue weighted by Gasteiger charge is 2.16. The van der Waals surface area contributed by atoms with Gasteiger partial charge in [0.25, 0.3) is 0 Å². The molecule has 2 aromatic carbocycles. The number of ether oxygens (including phenoxy) is 2. The average Bonchev–Trinajstić information content (AvgIpc) is 2.52. The van der Waals surface area contributed by atoms with Crippen molar-refractivity contribution >= 4 is 27.7 Å². The Morgan fingerprint density at radius 2 is 1.86 bits per heavy atom. The Morgan fingerprint density at radius 1 is 1.10 bits per heavy atom. The van der Waals surface area contributed by atoms with Gasteiger partial charge < -0.3 is 13.9 Å². The topological polar surface area (TPSA) is 65.7 Å². The zero-order valence-corrected chi connectivity index (χ0v) is 11.5. The van der Waals surface area contributed by atoms with Crippen molar-refractivity contribution in [2.24, 2.45) is 0 Å². The summed E-state index contributed by atoms with van der Waals surface area (Å²) in [6.45, 7) is 0. The van der Waals surface area contributed by atoms with Crippen LogP contribution in [0.1, 0.15) is 10.4 Å². The summed E-state index contributed by atoms with van der Waals surface area (Å²) in [6.07, 6.45) is 0. The van der Waals surface area contributed by atoms with Gasteiger partial charge in [-0.2, -0.15) is 0 Å². The molecule has 21 heavy (non-hydrogen) atoms. The van der Waals surface area contributed by atoms with E-state index in [0.29, 0.717) is 16.7 Å². The van der Waals surface area contributed by atoms with Gasteiger partial charge in [-0.05, 0) is 29.0 Å². The van der Waals surface area contributed by atoms with Crippen LogP contribution in [0.25, 0.3) is 21.7 Å². The molecule has 5 heteroatoms. The van der Waals surface area contributed by atoms with Crippen LogP contribution in [0.5, 0.6) is 5.75 Å². The zero-order chi connectivity index (χ0) is 15.0. The van der Waals surface area contributed by atoms with Gasteiger partial charge in [-0.1, -0.05) is 12.1 Å². The van der Waals surface area contributed by atoms with Crippen LogP contribution in [0.2, 0.25) is 0 Å². The molecule has 0 unspecified atom stereocenters. The van der Waals surface area contributed by atoms with E-state index in [2.05, 4.69) is 0 Å². The van der Waals surface area contributed by atoms with E-state index in [1.165, 1.54) is 7.11 Å². The normalized spacial score (nSPS) is 10.8. The summed E-state index contributed by atoms with van der Waals surface area (Å²) in [6, 6.07) is 10.1. The number of hydrogen-bond acceptors (Lipinski definition) is 5. The van der Waals surface area contributed by atoms with E-state index in [4.69, 9.17) is 13.9 Å². The summed E-state index contributed by atoms with van der Waals surface area (Å²) >= 11 is 0. The lowest BCUT2D eigenvalue weighted by Gasteiger charge is -2.08. The summed E-state index contributed by atoms with van der Waals surface area (Å²) in [7, 11) is 2.84. The second-order valence-electron chi connectivity index (χ2n) is 4.50. The van der Waals surface area contributed by atoms with Gasteiger partial charge in [-0.3, -0.25) is 0 Å². The number of benzene rings is 2. The molecule has 5 nitrogen and oxygen atoms in total. The Kier molecular flexibility index (Phi) is 3.10. The van der Waals surface area contributed by atoms with Crippen LogP contribution >= 0.6 is 0 Å². The van der Waals surface area contributed by atoms with Crippen LogP contribution in [0.15, 0.2) is 45.6 Å². The van der Waals surface area contributed by atoms with E-state index < -0.39 is 11.6 Å². The zero-order valence-electron chi connectivity index (χ0n) is 11.5. The van der Waals surface area contributed by atoms with E-state index >= 15 is 0 Å². The van der Waals surface area contributed by atoms with E-state index in [1.807, 2.05) is 18.2 Å². The number of hydrogen-bond donors (Lipinski definition) is 0. The largest absolute Gasteiger partial charge is 0.497 e. The minimum atomic E-state index is -0.592. The molecule has 0 bridgehead atoms. The molecule has 0 aliphatic heterocycles. The van der Waals surface area contributed by atoms with Crippen molar-refractivity contribution in [1.82, 2.24) is 0 Å². The monoisotopic (exact) mass is 284 g/mol. The van der Waals surface area contributed by atoms with Crippen LogP contribution in [-0.4, -0.2) is 20.2 Å². The number of carbonyl (C=O) groups is 1. The van der Waals surface area contributed by atoms with Gasteiger partial charge in [0.05, 0.1) is 19.8 Å². The molecule has 0 radical (unpaired) electrons. The summed E-state index contributed by atoms with van der Waals surface area (Å²) in [5.74, 6) is 0.0697. The fourth-order valence-electron chi connectivity index (χ4n) is 2.37. The lowest BCUT2D eigenvalue weighted by molar-refractivity contribution is 0.0602. The molecule has 3 aromatic rings. The fourth-order valence-corrected chi connectivity index (χ4v) is 2.37. The third-order valence-electron chi connectivity index (χ3n) is 3.34. The predicted molar refractivity (Wildman–Crippen MR) is 77.9 cm³/mol. The average molecular weight is 284 g/mol. The summed E-state index contributed by atoms with van der Waals surface area (Å²) in [5.41, 5.74) is -0.0728. The lowest BCUT2D eigenvalue weighted by atomic mass is 10.0. The Bertz CT molecular complexity index is 908. The van der Waals surface area contributed by atoms with Gasteiger partial charge in [-0.25, -0.2) is 9.59 Å². The maximum absolute atomic E-state index is 11.9. The van der Waals surface area contributed by atoms with Gasteiger partial charge in [-0.15, -0.1) is 0 Å². The van der Waals surface area contributed by atoms with Crippen molar-refractivity contribution in [2.75, 3.05) is 14.2 Å². The van der Waals surface area contributed by atoms with E-state index in [0.717, 1.165) is 16.8 Å². The van der Waals surface area contributed by atoms with Gasteiger partial charge in [0, 0.05) is 11.5 Å². The number of esters is 1. The predicted octanol–water partition coefficient (Wildman–Crippen LogP) is 2.74. The summed E-state index contributed by atoms with van der Waals surface area (Å²) in [4.78, 5) is 23.5. The molecule has 0 amide bonds. The maximum Gasteiger partial charge on any atom is 0.338 e. The van der Waals surface area contributed by atoms with Crippen LogP contribution in [0.3, 0.4) is 0 Å². The fraction of sp³-hybridized carbons (Fsp3) is 0.125. The Labute approximate surface area is 119 Å². The molecule has 1 heterocycles. The molecule has 0 saturated heterocycles. The lowest BCUT2D eigenvalue weighted by Crippen LogP contribution is -2.08. The van der Waals surface area contributed by atoms with E-state index in [9.17, 15) is 9.59 Å². The number of methoxy groups -OCH3 is 2. The second kappa shape index (κ2) is 4.94. The van der Waals surface area contributed by atoms with Crippen molar-refractivity contribution in [3.8, 4) is 5.75 Å². The molecule has 0 fully saturated rings. The second-order valence-corrected chi connectivity index (χ2v) is 4.50. The first-order valence-electron chi connectivity index (χ1n) is 6.27. The molecule has 0 saturated carbocycles. The van der Waals surface area contributed by atoms with Gasteiger partial charge >= 0.3 is 11.6 Å². The highest BCUT2D eigenvalue weighted by atomic mass is 16.5. The maximum atomic E-state index is 11.9. The number of rotatable bonds is 2. The number of carbonyl (C=O) groups excluding carboxylic acids is 1.